The zero-order valence-corrected chi connectivity index (χ0v) is 17.7. The molecule has 154 valence electrons. The Bertz CT molecular complexity index is 956. The number of benzene rings is 1. The molecule has 29 heavy (non-hydrogen) atoms. The fraction of sp³-hybridized carbons (Fsp3) is 0.381. The smallest absolute Gasteiger partial charge is 0.348 e. The van der Waals surface area contributed by atoms with Gasteiger partial charge >= 0.3 is 5.97 Å². The molecule has 3 rings (SSSR count). The van der Waals surface area contributed by atoms with Gasteiger partial charge in [0.15, 0.2) is 0 Å². The molecule has 0 aliphatic rings. The second kappa shape index (κ2) is 10.2. The number of carbonyl (C=O) groups is 1. The van der Waals surface area contributed by atoms with Crippen molar-refractivity contribution < 1.29 is 19.0 Å². The number of esters is 1. The molecule has 0 bridgehead atoms. The lowest BCUT2D eigenvalue weighted by Gasteiger charge is -2.09. The number of ether oxygens (including phenoxy) is 3. The van der Waals surface area contributed by atoms with Crippen molar-refractivity contribution in [2.24, 2.45) is 0 Å². The number of hydrogen-bond acceptors (Lipinski definition) is 8. The van der Waals surface area contributed by atoms with Crippen LogP contribution in [0.4, 0.5) is 11.5 Å². The maximum atomic E-state index is 12.4. The van der Waals surface area contributed by atoms with Crippen molar-refractivity contribution >= 4 is 39.0 Å². The number of aromatic nitrogens is 2. The van der Waals surface area contributed by atoms with Gasteiger partial charge in [0.2, 0.25) is 0 Å². The molecule has 0 atom stereocenters. The molecule has 3 aromatic rings. The van der Waals surface area contributed by atoms with E-state index in [4.69, 9.17) is 14.2 Å². The van der Waals surface area contributed by atoms with Crippen molar-refractivity contribution in [2.75, 3.05) is 32.2 Å². The molecule has 0 spiro atoms. The molecule has 0 saturated carbocycles. The van der Waals surface area contributed by atoms with Gasteiger partial charge in [-0.15, -0.1) is 11.3 Å². The number of fused-ring (bicyclic) bond motifs is 1. The lowest BCUT2D eigenvalue weighted by Crippen LogP contribution is -2.09. The first-order valence-electron chi connectivity index (χ1n) is 9.54. The SMILES string of the molecule is CCCCOc1ccc(Nc2ncnc3sc(C(=O)OCCOC)c(C)c23)cc1. The number of thiophene rings is 1. The summed E-state index contributed by atoms with van der Waals surface area (Å²) in [5.74, 6) is 1.12. The van der Waals surface area contributed by atoms with Crippen molar-refractivity contribution in [3.05, 3.63) is 41.0 Å². The van der Waals surface area contributed by atoms with Gasteiger partial charge in [0, 0.05) is 12.8 Å². The molecular weight excluding hydrogens is 390 g/mol. The van der Waals surface area contributed by atoms with E-state index in [1.54, 1.807) is 7.11 Å². The third-order valence-corrected chi connectivity index (χ3v) is 5.50. The number of anilines is 2. The largest absolute Gasteiger partial charge is 0.494 e. The van der Waals surface area contributed by atoms with Crippen LogP contribution in [-0.2, 0) is 9.47 Å². The first-order chi connectivity index (χ1) is 14.1. The first kappa shape index (κ1) is 21.0. The van der Waals surface area contributed by atoms with Crippen LogP contribution in [0.25, 0.3) is 10.2 Å². The summed E-state index contributed by atoms with van der Waals surface area (Å²) in [6.07, 6.45) is 3.63. The maximum absolute atomic E-state index is 12.4. The predicted molar refractivity (Wildman–Crippen MR) is 114 cm³/mol. The molecule has 0 fully saturated rings. The van der Waals surface area contributed by atoms with Crippen LogP contribution in [0.2, 0.25) is 0 Å². The van der Waals surface area contributed by atoms with E-state index >= 15 is 0 Å². The van der Waals surface area contributed by atoms with Crippen molar-refractivity contribution in [1.29, 1.82) is 0 Å². The average Bonchev–Trinajstić information content (AvgIpc) is 3.07. The van der Waals surface area contributed by atoms with Crippen LogP contribution in [0.15, 0.2) is 30.6 Å². The maximum Gasteiger partial charge on any atom is 0.348 e. The summed E-state index contributed by atoms with van der Waals surface area (Å²) in [6.45, 7) is 5.31. The van der Waals surface area contributed by atoms with Crippen LogP contribution in [0.1, 0.15) is 35.0 Å². The van der Waals surface area contributed by atoms with Crippen LogP contribution >= 0.6 is 11.3 Å². The van der Waals surface area contributed by atoms with Crippen LogP contribution < -0.4 is 10.1 Å². The molecule has 0 amide bonds. The summed E-state index contributed by atoms with van der Waals surface area (Å²) < 4.78 is 15.9. The second-order valence-corrected chi connectivity index (χ2v) is 7.44. The van der Waals surface area contributed by atoms with E-state index < -0.39 is 0 Å². The highest BCUT2D eigenvalue weighted by Gasteiger charge is 2.20. The van der Waals surface area contributed by atoms with E-state index in [1.807, 2.05) is 31.2 Å². The summed E-state index contributed by atoms with van der Waals surface area (Å²) in [5, 5.41) is 4.13. The lowest BCUT2D eigenvalue weighted by molar-refractivity contribution is 0.0393. The van der Waals surface area contributed by atoms with E-state index in [0.29, 0.717) is 23.9 Å². The quantitative estimate of drug-likeness (QED) is 0.379. The summed E-state index contributed by atoms with van der Waals surface area (Å²) in [4.78, 5) is 22.3. The average molecular weight is 416 g/mol. The highest BCUT2D eigenvalue weighted by molar-refractivity contribution is 7.20. The van der Waals surface area contributed by atoms with Crippen LogP contribution in [-0.4, -0.2) is 42.9 Å². The highest BCUT2D eigenvalue weighted by Crippen LogP contribution is 2.35. The summed E-state index contributed by atoms with van der Waals surface area (Å²) in [5.41, 5.74) is 1.68. The molecule has 0 saturated heterocycles. The van der Waals surface area contributed by atoms with Gasteiger partial charge in [-0.2, -0.15) is 0 Å². The predicted octanol–water partition coefficient (Wildman–Crippen LogP) is 4.73. The van der Waals surface area contributed by atoms with Gasteiger partial charge in [0.05, 0.1) is 18.6 Å². The second-order valence-electron chi connectivity index (χ2n) is 6.44. The van der Waals surface area contributed by atoms with Crippen molar-refractivity contribution in [3.8, 4) is 5.75 Å². The fourth-order valence-corrected chi connectivity index (χ4v) is 3.79. The molecule has 0 unspecified atom stereocenters. The Kier molecular flexibility index (Phi) is 7.37. The van der Waals surface area contributed by atoms with E-state index in [0.717, 1.165) is 40.1 Å². The molecule has 1 aromatic carbocycles. The number of nitrogens with one attached hydrogen (secondary N) is 1. The number of methoxy groups -OCH3 is 1. The van der Waals surface area contributed by atoms with Crippen LogP contribution in [0.5, 0.6) is 5.75 Å². The molecule has 1 N–H and O–H groups in total. The van der Waals surface area contributed by atoms with Gasteiger partial charge < -0.3 is 19.5 Å². The minimum Gasteiger partial charge on any atom is -0.494 e. The van der Waals surface area contributed by atoms with E-state index in [-0.39, 0.29) is 12.6 Å². The number of hydrogen-bond donors (Lipinski definition) is 1. The summed E-state index contributed by atoms with van der Waals surface area (Å²) in [6, 6.07) is 7.73. The Morgan fingerprint density at radius 3 is 2.66 bits per heavy atom. The molecule has 2 aromatic heterocycles. The molecule has 0 radical (unpaired) electrons. The van der Waals surface area contributed by atoms with Gasteiger partial charge in [-0.05, 0) is 43.2 Å². The highest BCUT2D eigenvalue weighted by atomic mass is 32.1. The monoisotopic (exact) mass is 415 g/mol. The Hall–Kier alpha value is -2.71. The number of aryl methyl sites for hydroxylation is 1. The fourth-order valence-electron chi connectivity index (χ4n) is 2.75. The van der Waals surface area contributed by atoms with E-state index in [9.17, 15) is 4.79 Å². The third kappa shape index (κ3) is 5.21. The van der Waals surface area contributed by atoms with Gasteiger partial charge in [-0.25, -0.2) is 14.8 Å². The zero-order valence-electron chi connectivity index (χ0n) is 16.9. The number of unbranched alkanes of at least 4 members (excludes halogenated alkanes) is 1. The normalized spacial score (nSPS) is 10.9. The standard InChI is InChI=1S/C21H25N3O4S/c1-4-5-10-27-16-8-6-15(7-9-16)24-19-17-14(2)18(21(25)28-12-11-26-3)29-20(17)23-13-22-19/h6-9,13H,4-5,10-12H2,1-3H3,(H,22,23,24). The molecular formula is C21H25N3O4S. The van der Waals surface area contributed by atoms with Gasteiger partial charge in [0.25, 0.3) is 0 Å². The van der Waals surface area contributed by atoms with E-state index in [2.05, 4.69) is 22.2 Å². The summed E-state index contributed by atoms with van der Waals surface area (Å²) >= 11 is 1.30. The van der Waals surface area contributed by atoms with Crippen LogP contribution in [0, 0.1) is 6.92 Å². The topological polar surface area (TPSA) is 82.6 Å². The summed E-state index contributed by atoms with van der Waals surface area (Å²) in [7, 11) is 1.57. The third-order valence-electron chi connectivity index (χ3n) is 4.32. The van der Waals surface area contributed by atoms with Gasteiger partial charge in [-0.3, -0.25) is 0 Å². The molecule has 7 nitrogen and oxygen atoms in total. The lowest BCUT2D eigenvalue weighted by atomic mass is 10.2. The molecule has 0 aliphatic heterocycles. The number of nitrogens with zero attached hydrogens (tertiary/aromatic N) is 2. The molecule has 2 heterocycles. The number of carbonyl (C=O) groups excluding carboxylic acids is 1. The Balaban J connectivity index is 1.78. The Morgan fingerprint density at radius 1 is 1.14 bits per heavy atom. The Labute approximate surface area is 174 Å². The minimum atomic E-state index is -0.373. The number of rotatable bonds is 10. The van der Waals surface area contributed by atoms with Gasteiger partial charge in [-0.1, -0.05) is 13.3 Å². The minimum absolute atomic E-state index is 0.215. The molecule has 8 heteroatoms. The van der Waals surface area contributed by atoms with Crippen molar-refractivity contribution in [1.82, 2.24) is 9.97 Å². The van der Waals surface area contributed by atoms with Crippen molar-refractivity contribution in [3.63, 3.8) is 0 Å². The Morgan fingerprint density at radius 2 is 1.93 bits per heavy atom. The van der Waals surface area contributed by atoms with Crippen LogP contribution in [0.3, 0.4) is 0 Å². The van der Waals surface area contributed by atoms with E-state index in [1.165, 1.54) is 17.7 Å². The first-order valence-corrected chi connectivity index (χ1v) is 10.4. The molecule has 0 aliphatic carbocycles. The van der Waals surface area contributed by atoms with Crippen molar-refractivity contribution in [2.45, 2.75) is 26.7 Å². The van der Waals surface area contributed by atoms with Gasteiger partial charge in [0.1, 0.15) is 34.2 Å². The zero-order chi connectivity index (χ0) is 20.6.